The second kappa shape index (κ2) is 14.4. The van der Waals surface area contributed by atoms with Crippen LogP contribution in [0.2, 0.25) is 5.02 Å². The fraction of sp³-hybridized carbons (Fsp3) is 0.343. The van der Waals surface area contributed by atoms with E-state index in [1.807, 2.05) is 88.4 Å². The van der Waals surface area contributed by atoms with Crippen LogP contribution >= 0.6 is 23.4 Å². The number of rotatable bonds is 12. The number of carbonyl (C=O) groups is 1. The molecule has 45 heavy (non-hydrogen) atoms. The molecule has 0 bridgehead atoms. The zero-order chi connectivity index (χ0) is 32.1. The van der Waals surface area contributed by atoms with Gasteiger partial charge in [-0.25, -0.2) is 4.68 Å². The molecular weight excluding hydrogens is 606 g/mol. The van der Waals surface area contributed by atoms with Gasteiger partial charge in [-0.05, 0) is 86.6 Å². The molecular formula is C35H40ClN5O3S. The maximum Gasteiger partial charge on any atom is 0.255 e. The number of anilines is 2. The smallest absolute Gasteiger partial charge is 0.255 e. The van der Waals surface area contributed by atoms with Gasteiger partial charge in [0, 0.05) is 22.2 Å². The summed E-state index contributed by atoms with van der Waals surface area (Å²) >= 11 is 7.90. The predicted molar refractivity (Wildman–Crippen MR) is 183 cm³/mol. The van der Waals surface area contributed by atoms with Gasteiger partial charge in [-0.15, -0.1) is 5.10 Å². The first-order valence-corrected chi connectivity index (χ1v) is 16.6. The van der Waals surface area contributed by atoms with Crippen LogP contribution < -0.4 is 20.1 Å². The lowest BCUT2D eigenvalue weighted by atomic mass is 9.94. The molecule has 0 aliphatic carbocycles. The maximum atomic E-state index is 14.1. The summed E-state index contributed by atoms with van der Waals surface area (Å²) < 4.78 is 13.9. The van der Waals surface area contributed by atoms with Gasteiger partial charge in [-0.3, -0.25) is 4.79 Å². The van der Waals surface area contributed by atoms with Crippen LogP contribution in [0.15, 0.2) is 77.1 Å². The van der Waals surface area contributed by atoms with E-state index in [-0.39, 0.29) is 5.91 Å². The summed E-state index contributed by atoms with van der Waals surface area (Å²) in [6.45, 7) is 13.3. The highest BCUT2D eigenvalue weighted by Crippen LogP contribution is 2.40. The minimum absolute atomic E-state index is 0.222. The van der Waals surface area contributed by atoms with Crippen molar-refractivity contribution in [3.8, 4) is 11.5 Å². The highest BCUT2D eigenvalue weighted by atomic mass is 35.5. The van der Waals surface area contributed by atoms with Gasteiger partial charge >= 0.3 is 0 Å². The number of carbonyl (C=O) groups excluding carboxylic acids is 1. The first kappa shape index (κ1) is 32.4. The number of halogens is 1. The average molecular weight is 646 g/mol. The van der Waals surface area contributed by atoms with Crippen molar-refractivity contribution in [3.05, 3.63) is 99.2 Å². The predicted octanol–water partition coefficient (Wildman–Crippen LogP) is 8.59. The Labute approximate surface area is 274 Å². The second-order valence-electron chi connectivity index (χ2n) is 11.5. The van der Waals surface area contributed by atoms with Crippen molar-refractivity contribution in [1.29, 1.82) is 0 Å². The van der Waals surface area contributed by atoms with Crippen LogP contribution in [0.5, 0.6) is 11.5 Å². The molecule has 1 aromatic heterocycles. The Kier molecular flexibility index (Phi) is 10.4. The summed E-state index contributed by atoms with van der Waals surface area (Å²) in [6, 6.07) is 18.9. The summed E-state index contributed by atoms with van der Waals surface area (Å²) in [7, 11) is 0. The molecule has 2 heterocycles. The minimum Gasteiger partial charge on any atom is -0.490 e. The lowest BCUT2D eigenvalue weighted by molar-refractivity contribution is -0.113. The number of benzene rings is 3. The number of aryl methyl sites for hydroxylation is 1. The van der Waals surface area contributed by atoms with E-state index < -0.39 is 6.04 Å². The van der Waals surface area contributed by atoms with E-state index in [0.717, 1.165) is 34.4 Å². The normalized spacial score (nSPS) is 14.3. The molecule has 0 fully saturated rings. The number of hydrogen-bond donors (Lipinski definition) is 2. The number of nitrogens with one attached hydrogen (secondary N) is 2. The van der Waals surface area contributed by atoms with Crippen molar-refractivity contribution in [3.63, 3.8) is 0 Å². The van der Waals surface area contributed by atoms with Gasteiger partial charge in [0.1, 0.15) is 6.04 Å². The summed E-state index contributed by atoms with van der Waals surface area (Å²) in [4.78, 5) is 18.9. The second-order valence-corrected chi connectivity index (χ2v) is 12.8. The van der Waals surface area contributed by atoms with E-state index in [2.05, 4.69) is 24.5 Å². The van der Waals surface area contributed by atoms with Crippen molar-refractivity contribution < 1.29 is 14.3 Å². The Morgan fingerprint density at radius 1 is 1.07 bits per heavy atom. The number of fused-ring (bicyclic) bond motifs is 1. The minimum atomic E-state index is -0.572. The quantitative estimate of drug-likeness (QED) is 0.149. The highest BCUT2D eigenvalue weighted by molar-refractivity contribution is 7.98. The zero-order valence-electron chi connectivity index (χ0n) is 26.6. The number of allylic oxidation sites excluding steroid dienone is 1. The SMILES string of the molecule is CCOc1cc(C2C(C(=O)Nc3cccc(C)c3C)=C(C)Nc3nc(SCc4ccccc4Cl)nn32)ccc1OCCC(C)C. The molecule has 10 heteroatoms. The van der Waals surface area contributed by atoms with Crippen LogP contribution in [0.3, 0.4) is 0 Å². The van der Waals surface area contributed by atoms with Crippen LogP contribution in [0.1, 0.15) is 62.4 Å². The molecule has 1 amide bonds. The summed E-state index contributed by atoms with van der Waals surface area (Å²) in [5.41, 5.74) is 5.95. The van der Waals surface area contributed by atoms with E-state index in [4.69, 9.17) is 31.2 Å². The van der Waals surface area contributed by atoms with Gasteiger partial charge in [0.25, 0.3) is 5.91 Å². The number of hydrogen-bond acceptors (Lipinski definition) is 7. The number of ether oxygens (including phenoxy) is 2. The van der Waals surface area contributed by atoms with E-state index in [0.29, 0.717) is 63.8 Å². The highest BCUT2D eigenvalue weighted by Gasteiger charge is 2.35. The largest absolute Gasteiger partial charge is 0.490 e. The number of nitrogens with zero attached hydrogens (tertiary/aromatic N) is 3. The zero-order valence-corrected chi connectivity index (χ0v) is 28.2. The Morgan fingerprint density at radius 2 is 1.87 bits per heavy atom. The van der Waals surface area contributed by atoms with Gasteiger partial charge < -0.3 is 20.1 Å². The van der Waals surface area contributed by atoms with Crippen molar-refractivity contribution in [2.45, 2.75) is 64.9 Å². The molecule has 0 spiro atoms. The monoisotopic (exact) mass is 645 g/mol. The van der Waals surface area contributed by atoms with Crippen molar-refractivity contribution >= 4 is 40.9 Å². The Balaban J connectivity index is 1.53. The fourth-order valence-electron chi connectivity index (χ4n) is 5.12. The third-order valence-corrected chi connectivity index (χ3v) is 9.04. The third kappa shape index (κ3) is 7.48. The molecule has 1 unspecified atom stereocenters. The lowest BCUT2D eigenvalue weighted by Crippen LogP contribution is -2.31. The number of aromatic nitrogens is 3. The van der Waals surface area contributed by atoms with Crippen LogP contribution in [0.25, 0.3) is 0 Å². The molecule has 0 radical (unpaired) electrons. The summed E-state index contributed by atoms with van der Waals surface area (Å²) in [6.07, 6.45) is 0.934. The first-order chi connectivity index (χ1) is 21.7. The Morgan fingerprint density at radius 3 is 2.62 bits per heavy atom. The van der Waals surface area contributed by atoms with Gasteiger partial charge in [0.2, 0.25) is 11.1 Å². The number of amides is 1. The van der Waals surface area contributed by atoms with E-state index >= 15 is 0 Å². The molecule has 1 aliphatic heterocycles. The molecule has 4 aromatic rings. The molecule has 0 saturated carbocycles. The Hall–Kier alpha value is -3.95. The van der Waals surface area contributed by atoms with Crippen molar-refractivity contribution in [2.75, 3.05) is 23.8 Å². The molecule has 8 nitrogen and oxygen atoms in total. The third-order valence-electron chi connectivity index (χ3n) is 7.78. The maximum absolute atomic E-state index is 14.1. The molecule has 1 atom stereocenters. The van der Waals surface area contributed by atoms with Gasteiger partial charge in [-0.1, -0.05) is 73.6 Å². The lowest BCUT2D eigenvalue weighted by Gasteiger charge is -2.29. The summed E-state index contributed by atoms with van der Waals surface area (Å²) in [5.74, 6) is 2.76. The van der Waals surface area contributed by atoms with Crippen LogP contribution in [-0.4, -0.2) is 33.9 Å². The van der Waals surface area contributed by atoms with E-state index in [9.17, 15) is 4.79 Å². The number of thioether (sulfide) groups is 1. The topological polar surface area (TPSA) is 90.3 Å². The van der Waals surface area contributed by atoms with Crippen LogP contribution in [0.4, 0.5) is 11.6 Å². The average Bonchev–Trinajstić information content (AvgIpc) is 3.41. The molecule has 0 saturated heterocycles. The van der Waals surface area contributed by atoms with Gasteiger partial charge in [-0.2, -0.15) is 4.98 Å². The Bertz CT molecular complexity index is 1720. The summed E-state index contributed by atoms with van der Waals surface area (Å²) in [5, 5.41) is 12.7. The van der Waals surface area contributed by atoms with Gasteiger partial charge in [0.15, 0.2) is 11.5 Å². The first-order valence-electron chi connectivity index (χ1n) is 15.2. The fourth-order valence-corrected chi connectivity index (χ4v) is 6.23. The van der Waals surface area contributed by atoms with E-state index in [1.165, 1.54) is 11.8 Å². The molecule has 3 aromatic carbocycles. The molecule has 1 aliphatic rings. The van der Waals surface area contributed by atoms with Crippen molar-refractivity contribution in [1.82, 2.24) is 14.8 Å². The molecule has 5 rings (SSSR count). The molecule has 236 valence electrons. The molecule has 2 N–H and O–H groups in total. The van der Waals surface area contributed by atoms with Gasteiger partial charge in [0.05, 0.1) is 18.8 Å². The van der Waals surface area contributed by atoms with Crippen LogP contribution in [0, 0.1) is 19.8 Å². The van der Waals surface area contributed by atoms with E-state index in [1.54, 1.807) is 4.68 Å². The standard InChI is InChI=1S/C35H40ClN5O3S/c1-7-43-30-19-25(15-16-29(30)44-18-17-21(2)3)32-31(33(42)38-28-14-10-11-22(4)23(28)5)24(6)37-34-39-35(40-41(32)34)45-20-26-12-8-9-13-27(26)36/h8-16,19,21,32H,7,17-18,20H2,1-6H3,(H,38,42)(H,37,39,40). The van der Waals surface area contributed by atoms with Crippen LogP contribution in [-0.2, 0) is 10.5 Å². The van der Waals surface area contributed by atoms with Crippen molar-refractivity contribution in [2.24, 2.45) is 5.92 Å².